The highest BCUT2D eigenvalue weighted by Gasteiger charge is 2.39. The lowest BCUT2D eigenvalue weighted by atomic mass is 9.93. The molecule has 1 saturated carbocycles. The monoisotopic (exact) mass is 466 g/mol. The number of nitrogens with one attached hydrogen (secondary N) is 3. The molecule has 3 aromatic rings. The Balaban J connectivity index is 1.32. The number of nitrogens with zero attached hydrogens (tertiary/aromatic N) is 2. The highest BCUT2D eigenvalue weighted by molar-refractivity contribution is 7.23. The molecule has 3 atom stereocenters. The molecule has 164 valence electrons. The second-order valence-corrected chi connectivity index (χ2v) is 9.79. The molecule has 3 amide bonds. The molecule has 32 heavy (non-hydrogen) atoms. The average molecular weight is 467 g/mol. The van der Waals surface area contributed by atoms with Gasteiger partial charge < -0.3 is 16.4 Å². The zero-order valence-corrected chi connectivity index (χ0v) is 18.9. The zero-order valence-electron chi connectivity index (χ0n) is 17.3. The molecule has 0 radical (unpaired) electrons. The number of nitrogen functional groups attached to an aromatic ring is 1. The van der Waals surface area contributed by atoms with Gasteiger partial charge in [-0.25, -0.2) is 14.8 Å². The maximum atomic E-state index is 12.8. The number of carbonyl (C=O) groups is 2. The number of anilines is 3. The summed E-state index contributed by atoms with van der Waals surface area (Å²) in [6, 6.07) is 7.36. The quantitative estimate of drug-likeness (QED) is 0.415. The molecule has 10 heteroatoms. The summed E-state index contributed by atoms with van der Waals surface area (Å²) in [7, 11) is 1.53. The number of hydrogen-bond donors (Lipinski definition) is 4. The summed E-state index contributed by atoms with van der Waals surface area (Å²) >= 11 is 2.73. The Morgan fingerprint density at radius 3 is 2.78 bits per heavy atom. The van der Waals surface area contributed by atoms with E-state index >= 15 is 0 Å². The number of fused-ring (bicyclic) bond motifs is 2. The van der Waals surface area contributed by atoms with Crippen LogP contribution in [0.15, 0.2) is 41.8 Å². The summed E-state index contributed by atoms with van der Waals surface area (Å²) < 4.78 is 0. The van der Waals surface area contributed by atoms with Gasteiger partial charge in [-0.15, -0.1) is 11.3 Å². The molecule has 1 fully saturated rings. The highest BCUT2D eigenvalue weighted by atomic mass is 32.1. The van der Waals surface area contributed by atoms with E-state index in [4.69, 9.17) is 10.7 Å². The number of hydrogen-bond acceptors (Lipinski definition) is 7. The lowest BCUT2D eigenvalue weighted by Crippen LogP contribution is -2.25. The molecular weight excluding hydrogens is 444 g/mol. The average Bonchev–Trinajstić information content (AvgIpc) is 3.58. The first-order valence-electron chi connectivity index (χ1n) is 10.3. The van der Waals surface area contributed by atoms with Gasteiger partial charge in [0.15, 0.2) is 5.13 Å². The highest BCUT2D eigenvalue weighted by Crippen LogP contribution is 2.44. The molecule has 1 aromatic carbocycles. The summed E-state index contributed by atoms with van der Waals surface area (Å²) in [4.78, 5) is 33.9. The van der Waals surface area contributed by atoms with Gasteiger partial charge in [-0.3, -0.25) is 10.1 Å². The Kier molecular flexibility index (Phi) is 5.40. The molecule has 5 rings (SSSR count). The second kappa shape index (κ2) is 8.36. The number of thiazole rings is 2. The Labute approximate surface area is 193 Å². The van der Waals surface area contributed by atoms with E-state index in [1.807, 2.05) is 29.6 Å². The number of nitrogens with two attached hydrogens (primary N) is 1. The van der Waals surface area contributed by atoms with Crippen molar-refractivity contribution in [3.8, 4) is 21.1 Å². The van der Waals surface area contributed by atoms with Crippen molar-refractivity contribution in [2.75, 3.05) is 23.4 Å². The van der Waals surface area contributed by atoms with Crippen LogP contribution in [-0.2, 0) is 4.79 Å². The number of rotatable bonds is 5. The van der Waals surface area contributed by atoms with Crippen molar-refractivity contribution in [2.24, 2.45) is 17.8 Å². The lowest BCUT2D eigenvalue weighted by molar-refractivity contribution is -0.120. The van der Waals surface area contributed by atoms with Crippen molar-refractivity contribution < 1.29 is 9.59 Å². The SMILES string of the molecule is CNC(=O)Nc1nc(N)c(-c2nc(-c3cccc(NC(=O)C4C[C@H]5C=C[C@@H]4C5)c3)cs2)s1. The van der Waals surface area contributed by atoms with Crippen LogP contribution < -0.4 is 21.7 Å². The van der Waals surface area contributed by atoms with Gasteiger partial charge >= 0.3 is 6.03 Å². The molecular formula is C22H22N6O2S2. The fourth-order valence-electron chi connectivity index (χ4n) is 4.28. The Morgan fingerprint density at radius 2 is 2.03 bits per heavy atom. The van der Waals surface area contributed by atoms with Gasteiger partial charge in [0.05, 0.1) is 5.69 Å². The van der Waals surface area contributed by atoms with E-state index in [1.54, 1.807) is 0 Å². The van der Waals surface area contributed by atoms with E-state index < -0.39 is 0 Å². The normalized spacial score (nSPS) is 21.0. The van der Waals surface area contributed by atoms with Crippen LogP contribution in [0.3, 0.4) is 0 Å². The number of allylic oxidation sites excluding steroid dienone is 2. The van der Waals surface area contributed by atoms with Crippen LogP contribution in [0.5, 0.6) is 0 Å². The predicted molar refractivity (Wildman–Crippen MR) is 129 cm³/mol. The van der Waals surface area contributed by atoms with Crippen molar-refractivity contribution >= 4 is 51.2 Å². The fourth-order valence-corrected chi connectivity index (χ4v) is 6.09. The van der Waals surface area contributed by atoms with Crippen LogP contribution in [-0.4, -0.2) is 29.0 Å². The van der Waals surface area contributed by atoms with Crippen molar-refractivity contribution in [1.29, 1.82) is 0 Å². The van der Waals surface area contributed by atoms with E-state index in [0.717, 1.165) is 34.8 Å². The molecule has 2 bridgehead atoms. The molecule has 2 aliphatic carbocycles. The smallest absolute Gasteiger partial charge is 0.320 e. The second-order valence-electron chi connectivity index (χ2n) is 7.93. The Bertz CT molecular complexity index is 1220. The summed E-state index contributed by atoms with van der Waals surface area (Å²) in [5, 5.41) is 11.3. The predicted octanol–water partition coefficient (Wildman–Crippen LogP) is 4.42. The number of amides is 3. The molecule has 0 spiro atoms. The molecule has 1 unspecified atom stereocenters. The van der Waals surface area contributed by atoms with Gasteiger partial charge in [-0.05, 0) is 36.8 Å². The van der Waals surface area contributed by atoms with E-state index in [0.29, 0.717) is 27.7 Å². The number of benzene rings is 1. The van der Waals surface area contributed by atoms with E-state index in [-0.39, 0.29) is 17.9 Å². The van der Waals surface area contributed by atoms with E-state index in [1.165, 1.54) is 29.7 Å². The number of aromatic nitrogens is 2. The minimum Gasteiger partial charge on any atom is -0.382 e. The first kappa shape index (κ1) is 20.7. The molecule has 2 aromatic heterocycles. The lowest BCUT2D eigenvalue weighted by Gasteiger charge is -2.17. The summed E-state index contributed by atoms with van der Waals surface area (Å²) in [5.74, 6) is 1.40. The van der Waals surface area contributed by atoms with Gasteiger partial charge in [-0.2, -0.15) is 0 Å². The first-order chi connectivity index (χ1) is 15.5. The molecule has 2 heterocycles. The summed E-state index contributed by atoms with van der Waals surface area (Å²) in [5.41, 5.74) is 8.51. The minimum absolute atomic E-state index is 0.0615. The maximum Gasteiger partial charge on any atom is 0.320 e. The number of carbonyl (C=O) groups excluding carboxylic acids is 2. The fraction of sp³-hybridized carbons (Fsp3) is 0.273. The Hall–Kier alpha value is -3.24. The molecule has 2 aliphatic rings. The Morgan fingerprint density at radius 1 is 1.16 bits per heavy atom. The minimum atomic E-state index is -0.356. The van der Waals surface area contributed by atoms with Crippen molar-refractivity contribution in [3.63, 3.8) is 0 Å². The topological polar surface area (TPSA) is 122 Å². The third-order valence-electron chi connectivity index (χ3n) is 5.84. The van der Waals surface area contributed by atoms with Crippen molar-refractivity contribution in [2.45, 2.75) is 12.8 Å². The van der Waals surface area contributed by atoms with Crippen LogP contribution in [0.4, 0.5) is 21.4 Å². The van der Waals surface area contributed by atoms with Crippen molar-refractivity contribution in [1.82, 2.24) is 15.3 Å². The van der Waals surface area contributed by atoms with Gasteiger partial charge in [0.1, 0.15) is 15.7 Å². The largest absolute Gasteiger partial charge is 0.382 e. The third kappa shape index (κ3) is 3.98. The number of urea groups is 1. The van der Waals surface area contributed by atoms with Gasteiger partial charge in [0.25, 0.3) is 0 Å². The van der Waals surface area contributed by atoms with E-state index in [9.17, 15) is 9.59 Å². The molecule has 0 aliphatic heterocycles. The molecule has 5 N–H and O–H groups in total. The molecule has 0 saturated heterocycles. The van der Waals surface area contributed by atoms with Crippen LogP contribution in [0.1, 0.15) is 12.8 Å². The standard InChI is InChI=1S/C22H22N6O2S2/c1-24-21(30)28-22-27-18(23)17(32-22)20-26-16(10-31-20)13-3-2-4-14(9-13)25-19(29)15-8-11-5-6-12(15)7-11/h2-6,9-12,15H,7-8,23H2,1H3,(H,25,29)(H2,24,27,28,30)/t11-,12+,15?/m0/s1. The van der Waals surface area contributed by atoms with Crippen LogP contribution in [0.25, 0.3) is 21.1 Å². The van der Waals surface area contributed by atoms with E-state index in [2.05, 4.69) is 33.1 Å². The first-order valence-corrected chi connectivity index (χ1v) is 12.0. The summed E-state index contributed by atoms with van der Waals surface area (Å²) in [6.07, 6.45) is 6.46. The van der Waals surface area contributed by atoms with Crippen LogP contribution in [0.2, 0.25) is 0 Å². The summed E-state index contributed by atoms with van der Waals surface area (Å²) in [6.45, 7) is 0. The van der Waals surface area contributed by atoms with Gasteiger partial charge in [0, 0.05) is 29.6 Å². The third-order valence-corrected chi connectivity index (χ3v) is 7.82. The van der Waals surface area contributed by atoms with Gasteiger partial charge in [0.2, 0.25) is 5.91 Å². The van der Waals surface area contributed by atoms with Crippen molar-refractivity contribution in [3.05, 3.63) is 41.8 Å². The van der Waals surface area contributed by atoms with Gasteiger partial charge in [-0.1, -0.05) is 35.6 Å². The zero-order chi connectivity index (χ0) is 22.2. The molecule has 8 nitrogen and oxygen atoms in total. The van der Waals surface area contributed by atoms with Crippen LogP contribution in [0, 0.1) is 17.8 Å². The maximum absolute atomic E-state index is 12.8. The van der Waals surface area contributed by atoms with Crippen LogP contribution >= 0.6 is 22.7 Å².